The minimum Gasteiger partial charge on any atom is -0.459 e. The maximum Gasteiger partial charge on any atom is 0.338 e. The fourth-order valence-electron chi connectivity index (χ4n) is 3.10. The second-order valence-electron chi connectivity index (χ2n) is 5.89. The largest absolute Gasteiger partial charge is 0.459 e. The van der Waals surface area contributed by atoms with Gasteiger partial charge in [0.2, 0.25) is 0 Å². The van der Waals surface area contributed by atoms with Crippen LogP contribution in [-0.4, -0.2) is 48.7 Å². The van der Waals surface area contributed by atoms with Crippen molar-refractivity contribution in [3.8, 4) is 0 Å². The standard InChI is InChI=1S/C17H22O5/c18-10-13-6-8-15(21-13)16-9-7-14(22-16)11-20-17(19)12-4-2-1-3-5-12/h1-5,13-16,18H,6-11H2/t13-,14-,15+,16+/m1/s1. The lowest BCUT2D eigenvalue weighted by Crippen LogP contribution is -2.29. The van der Waals surface area contributed by atoms with Crippen LogP contribution in [-0.2, 0) is 14.2 Å². The van der Waals surface area contributed by atoms with Gasteiger partial charge in [0.25, 0.3) is 0 Å². The summed E-state index contributed by atoms with van der Waals surface area (Å²) in [6, 6.07) is 8.97. The predicted octanol–water partition coefficient (Wildman–Crippen LogP) is 1.93. The number of rotatable bonds is 5. The molecule has 5 nitrogen and oxygen atoms in total. The molecule has 1 aromatic rings. The fourth-order valence-corrected chi connectivity index (χ4v) is 3.10. The predicted molar refractivity (Wildman–Crippen MR) is 79.6 cm³/mol. The lowest BCUT2D eigenvalue weighted by Gasteiger charge is -2.20. The van der Waals surface area contributed by atoms with Gasteiger partial charge in [-0.25, -0.2) is 4.79 Å². The highest BCUT2D eigenvalue weighted by molar-refractivity contribution is 5.89. The van der Waals surface area contributed by atoms with E-state index in [0.717, 1.165) is 25.7 Å². The first-order chi connectivity index (χ1) is 10.8. The molecular formula is C17H22O5. The van der Waals surface area contributed by atoms with Crippen molar-refractivity contribution in [2.45, 2.75) is 50.1 Å². The minimum absolute atomic E-state index is 0.0523. The van der Waals surface area contributed by atoms with E-state index in [2.05, 4.69) is 0 Å². The molecule has 1 N–H and O–H groups in total. The molecule has 1 aromatic carbocycles. The molecule has 2 aliphatic rings. The van der Waals surface area contributed by atoms with Crippen molar-refractivity contribution in [2.24, 2.45) is 0 Å². The molecule has 120 valence electrons. The highest BCUT2D eigenvalue weighted by Crippen LogP contribution is 2.31. The van der Waals surface area contributed by atoms with Crippen molar-refractivity contribution in [3.05, 3.63) is 35.9 Å². The summed E-state index contributed by atoms with van der Waals surface area (Å²) in [7, 11) is 0. The van der Waals surface area contributed by atoms with Gasteiger partial charge in [-0.3, -0.25) is 0 Å². The summed E-state index contributed by atoms with van der Waals surface area (Å²) in [5.41, 5.74) is 0.557. The Balaban J connectivity index is 1.43. The van der Waals surface area contributed by atoms with Crippen molar-refractivity contribution in [3.63, 3.8) is 0 Å². The molecule has 2 saturated heterocycles. The normalized spacial score (nSPS) is 31.3. The molecular weight excluding hydrogens is 284 g/mol. The lowest BCUT2D eigenvalue weighted by atomic mass is 10.1. The van der Waals surface area contributed by atoms with Crippen LogP contribution in [0, 0.1) is 0 Å². The molecule has 0 bridgehead atoms. The van der Waals surface area contributed by atoms with E-state index in [1.165, 1.54) is 0 Å². The summed E-state index contributed by atoms with van der Waals surface area (Å²) in [4.78, 5) is 11.9. The quantitative estimate of drug-likeness (QED) is 0.842. The van der Waals surface area contributed by atoms with E-state index in [-0.39, 0.29) is 43.6 Å². The molecule has 0 aromatic heterocycles. The van der Waals surface area contributed by atoms with Crippen LogP contribution >= 0.6 is 0 Å². The summed E-state index contributed by atoms with van der Waals surface area (Å²) in [6.45, 7) is 0.349. The number of carbonyl (C=O) groups is 1. The third kappa shape index (κ3) is 3.66. The van der Waals surface area contributed by atoms with E-state index in [4.69, 9.17) is 19.3 Å². The zero-order valence-electron chi connectivity index (χ0n) is 12.5. The smallest absolute Gasteiger partial charge is 0.338 e. The maximum atomic E-state index is 11.9. The molecule has 0 radical (unpaired) electrons. The second kappa shape index (κ2) is 7.22. The molecule has 0 saturated carbocycles. The van der Waals surface area contributed by atoms with Crippen molar-refractivity contribution in [1.29, 1.82) is 0 Å². The van der Waals surface area contributed by atoms with Crippen molar-refractivity contribution >= 4 is 5.97 Å². The molecule has 3 rings (SSSR count). The molecule has 0 amide bonds. The summed E-state index contributed by atoms with van der Waals surface area (Å²) in [5, 5.41) is 9.11. The fraction of sp³-hybridized carbons (Fsp3) is 0.588. The van der Waals surface area contributed by atoms with Gasteiger partial charge in [-0.05, 0) is 37.8 Å². The van der Waals surface area contributed by atoms with Gasteiger partial charge in [0.05, 0.1) is 36.6 Å². The van der Waals surface area contributed by atoms with Gasteiger partial charge in [0.15, 0.2) is 0 Å². The van der Waals surface area contributed by atoms with Crippen LogP contribution in [0.15, 0.2) is 30.3 Å². The van der Waals surface area contributed by atoms with Crippen LogP contribution in [0.1, 0.15) is 36.0 Å². The number of hydrogen-bond donors (Lipinski definition) is 1. The maximum absolute atomic E-state index is 11.9. The third-order valence-corrected chi connectivity index (χ3v) is 4.31. The Morgan fingerprint density at radius 1 is 1.05 bits per heavy atom. The highest BCUT2D eigenvalue weighted by Gasteiger charge is 2.37. The van der Waals surface area contributed by atoms with E-state index >= 15 is 0 Å². The molecule has 0 aliphatic carbocycles. The first kappa shape index (κ1) is 15.5. The van der Waals surface area contributed by atoms with E-state index < -0.39 is 0 Å². The SMILES string of the molecule is O=C(OC[C@H]1CC[C@@H]([C@@H]2CC[C@H](CO)O2)O1)c1ccccc1. The Morgan fingerprint density at radius 2 is 1.68 bits per heavy atom. The number of aliphatic hydroxyl groups excluding tert-OH is 1. The molecule has 0 unspecified atom stereocenters. The first-order valence-electron chi connectivity index (χ1n) is 7.90. The van der Waals surface area contributed by atoms with Gasteiger partial charge in [0.1, 0.15) is 6.61 Å². The highest BCUT2D eigenvalue weighted by atomic mass is 16.6. The minimum atomic E-state index is -0.315. The molecule has 0 spiro atoms. The number of benzene rings is 1. The van der Waals surface area contributed by atoms with E-state index in [0.29, 0.717) is 5.56 Å². The molecule has 4 atom stereocenters. The summed E-state index contributed by atoms with van der Waals surface area (Å²) in [5.74, 6) is -0.315. The van der Waals surface area contributed by atoms with E-state index in [1.54, 1.807) is 12.1 Å². The number of esters is 1. The summed E-state index contributed by atoms with van der Waals surface area (Å²) >= 11 is 0. The Kier molecular flexibility index (Phi) is 5.08. The van der Waals surface area contributed by atoms with Gasteiger partial charge >= 0.3 is 5.97 Å². The Bertz CT molecular complexity index is 489. The second-order valence-corrected chi connectivity index (χ2v) is 5.89. The van der Waals surface area contributed by atoms with Crippen LogP contribution in [0.2, 0.25) is 0 Å². The van der Waals surface area contributed by atoms with Gasteiger partial charge < -0.3 is 19.3 Å². The average molecular weight is 306 g/mol. The van der Waals surface area contributed by atoms with E-state index in [1.807, 2.05) is 18.2 Å². The number of aliphatic hydroxyl groups is 1. The van der Waals surface area contributed by atoms with Gasteiger partial charge in [-0.1, -0.05) is 18.2 Å². The monoisotopic (exact) mass is 306 g/mol. The van der Waals surface area contributed by atoms with Gasteiger partial charge in [-0.15, -0.1) is 0 Å². The number of carbonyl (C=O) groups excluding carboxylic acids is 1. The van der Waals surface area contributed by atoms with Gasteiger partial charge in [0, 0.05) is 0 Å². The van der Waals surface area contributed by atoms with E-state index in [9.17, 15) is 4.79 Å². The Morgan fingerprint density at radius 3 is 2.32 bits per heavy atom. The molecule has 5 heteroatoms. The van der Waals surface area contributed by atoms with Crippen molar-refractivity contribution in [1.82, 2.24) is 0 Å². The average Bonchev–Trinajstić information content (AvgIpc) is 3.22. The Labute approximate surface area is 130 Å². The topological polar surface area (TPSA) is 65.0 Å². The van der Waals surface area contributed by atoms with Crippen molar-refractivity contribution in [2.75, 3.05) is 13.2 Å². The summed E-state index contributed by atoms with van der Waals surface area (Å²) < 4.78 is 17.0. The van der Waals surface area contributed by atoms with Crippen LogP contribution in [0.3, 0.4) is 0 Å². The lowest BCUT2D eigenvalue weighted by molar-refractivity contribution is -0.0830. The molecule has 2 aliphatic heterocycles. The van der Waals surface area contributed by atoms with Crippen LogP contribution in [0.4, 0.5) is 0 Å². The number of ether oxygens (including phenoxy) is 3. The van der Waals surface area contributed by atoms with Crippen LogP contribution in [0.5, 0.6) is 0 Å². The molecule has 22 heavy (non-hydrogen) atoms. The van der Waals surface area contributed by atoms with Gasteiger partial charge in [-0.2, -0.15) is 0 Å². The summed E-state index contributed by atoms with van der Waals surface area (Å²) in [6.07, 6.45) is 3.59. The van der Waals surface area contributed by atoms with Crippen molar-refractivity contribution < 1.29 is 24.1 Å². The van der Waals surface area contributed by atoms with Crippen LogP contribution in [0.25, 0.3) is 0 Å². The first-order valence-corrected chi connectivity index (χ1v) is 7.90. The molecule has 2 heterocycles. The Hall–Kier alpha value is -1.43. The third-order valence-electron chi connectivity index (χ3n) is 4.31. The molecule has 2 fully saturated rings. The zero-order chi connectivity index (χ0) is 15.4. The number of hydrogen-bond acceptors (Lipinski definition) is 5. The zero-order valence-corrected chi connectivity index (χ0v) is 12.5. The van der Waals surface area contributed by atoms with Crippen LogP contribution < -0.4 is 0 Å².